The molecule has 2 N–H and O–H groups in total. The molecule has 0 radical (unpaired) electrons. The molecule has 1 amide bonds. The summed E-state index contributed by atoms with van der Waals surface area (Å²) >= 11 is 0. The smallest absolute Gasteiger partial charge is 0.263 e. The molecule has 0 bridgehead atoms. The lowest BCUT2D eigenvalue weighted by molar-refractivity contribution is -0.132. The number of alkyl halides is 2. The number of nitrogens with one attached hydrogen (secondary N) is 2. The van der Waals surface area contributed by atoms with Crippen molar-refractivity contribution in [3.8, 4) is 0 Å². The summed E-state index contributed by atoms with van der Waals surface area (Å²) in [7, 11) is 0. The maximum Gasteiger partial charge on any atom is 0.263 e. The van der Waals surface area contributed by atoms with Crippen molar-refractivity contribution in [3.63, 3.8) is 0 Å². The average Bonchev–Trinajstić information content (AvgIpc) is 2.63. The molecule has 26 heavy (non-hydrogen) atoms. The summed E-state index contributed by atoms with van der Waals surface area (Å²) in [6, 6.07) is 14.2. The van der Waals surface area contributed by atoms with Gasteiger partial charge in [-0.3, -0.25) is 4.79 Å². The van der Waals surface area contributed by atoms with E-state index >= 15 is 0 Å². The topological polar surface area (TPSA) is 50.4 Å². The summed E-state index contributed by atoms with van der Waals surface area (Å²) in [6.07, 6.45) is -1.85. The lowest BCUT2D eigenvalue weighted by atomic mass is 9.88. The van der Waals surface area contributed by atoms with E-state index in [1.54, 1.807) is 6.07 Å². The molecule has 1 aliphatic heterocycles. The van der Waals surface area contributed by atoms with E-state index in [4.69, 9.17) is 4.74 Å². The number of halogens is 2. The summed E-state index contributed by atoms with van der Waals surface area (Å²) < 4.78 is 31.2. The van der Waals surface area contributed by atoms with Crippen LogP contribution in [0.25, 0.3) is 0 Å². The fraction of sp³-hybridized carbons (Fsp3) is 0.350. The van der Waals surface area contributed by atoms with Crippen LogP contribution in [0.3, 0.4) is 0 Å². The van der Waals surface area contributed by atoms with Crippen molar-refractivity contribution in [1.82, 2.24) is 5.32 Å². The quantitative estimate of drug-likeness (QED) is 0.793. The number of anilines is 1. The van der Waals surface area contributed by atoms with E-state index in [-0.39, 0.29) is 18.0 Å². The Morgan fingerprint density at radius 3 is 2.50 bits per heavy atom. The number of carbonyl (C=O) groups is 1. The third-order valence-electron chi connectivity index (χ3n) is 4.61. The molecule has 1 fully saturated rings. The summed E-state index contributed by atoms with van der Waals surface area (Å²) in [5, 5.41) is 6.01. The zero-order valence-corrected chi connectivity index (χ0v) is 14.6. The Hall–Kier alpha value is -2.47. The van der Waals surface area contributed by atoms with E-state index < -0.39 is 12.0 Å². The molecule has 3 rings (SSSR count). The van der Waals surface area contributed by atoms with Crippen LogP contribution in [0.15, 0.2) is 48.5 Å². The van der Waals surface area contributed by atoms with Gasteiger partial charge in [0.2, 0.25) is 5.91 Å². The van der Waals surface area contributed by atoms with E-state index in [0.29, 0.717) is 25.3 Å². The van der Waals surface area contributed by atoms with E-state index in [0.717, 1.165) is 11.1 Å². The molecule has 0 spiro atoms. The van der Waals surface area contributed by atoms with Crippen LogP contribution in [0.2, 0.25) is 0 Å². The molecule has 1 heterocycles. The van der Waals surface area contributed by atoms with Crippen LogP contribution in [0.1, 0.15) is 30.0 Å². The van der Waals surface area contributed by atoms with Crippen molar-refractivity contribution in [3.05, 3.63) is 65.2 Å². The van der Waals surface area contributed by atoms with Crippen molar-refractivity contribution >= 4 is 11.6 Å². The van der Waals surface area contributed by atoms with Gasteiger partial charge in [-0.05, 0) is 23.6 Å². The molecule has 0 saturated carbocycles. The van der Waals surface area contributed by atoms with E-state index in [2.05, 4.69) is 10.6 Å². The molecule has 0 aliphatic carbocycles. The van der Waals surface area contributed by atoms with Gasteiger partial charge in [0.15, 0.2) is 0 Å². The van der Waals surface area contributed by atoms with Gasteiger partial charge in [0, 0.05) is 11.3 Å². The number of amides is 1. The zero-order chi connectivity index (χ0) is 18.6. The first kappa shape index (κ1) is 18.3. The number of hydrogen-bond acceptors (Lipinski definition) is 3. The van der Waals surface area contributed by atoms with Crippen LogP contribution in [0.5, 0.6) is 0 Å². The molecule has 6 heteroatoms. The highest BCUT2D eigenvalue weighted by Gasteiger charge is 2.41. The molecule has 0 unspecified atom stereocenters. The van der Waals surface area contributed by atoms with Gasteiger partial charge in [0.25, 0.3) is 6.43 Å². The molecule has 1 saturated heterocycles. The highest BCUT2D eigenvalue weighted by molar-refractivity contribution is 5.82. The van der Waals surface area contributed by atoms with Gasteiger partial charge in [0.05, 0.1) is 19.8 Å². The second-order valence-corrected chi connectivity index (χ2v) is 6.41. The number of rotatable bonds is 7. The van der Waals surface area contributed by atoms with Crippen LogP contribution < -0.4 is 10.6 Å². The average molecular weight is 360 g/mol. The Bertz CT molecular complexity index is 762. The van der Waals surface area contributed by atoms with E-state index in [1.807, 2.05) is 37.3 Å². The Balaban J connectivity index is 1.67. The van der Waals surface area contributed by atoms with Gasteiger partial charge in [-0.2, -0.15) is 0 Å². The van der Waals surface area contributed by atoms with Gasteiger partial charge >= 0.3 is 0 Å². The number of benzene rings is 2. The summed E-state index contributed by atoms with van der Waals surface area (Å²) in [6.45, 7) is 2.79. The Morgan fingerprint density at radius 1 is 1.19 bits per heavy atom. The van der Waals surface area contributed by atoms with Crippen molar-refractivity contribution in [2.75, 3.05) is 25.1 Å². The second kappa shape index (κ2) is 7.83. The number of carbonyl (C=O) groups excluding carboxylic acids is 1. The van der Waals surface area contributed by atoms with Crippen molar-refractivity contribution in [2.24, 2.45) is 0 Å². The highest BCUT2D eigenvalue weighted by Crippen LogP contribution is 2.29. The molecule has 0 atom stereocenters. The minimum Gasteiger partial charge on any atom is -0.376 e. The predicted octanol–water partition coefficient (Wildman–Crippen LogP) is 3.64. The van der Waals surface area contributed by atoms with Gasteiger partial charge in [0.1, 0.15) is 5.54 Å². The third kappa shape index (κ3) is 3.85. The molecular formula is C20H22F2N2O2. The first-order valence-electron chi connectivity index (χ1n) is 8.63. The van der Waals surface area contributed by atoms with Crippen molar-refractivity contribution in [1.29, 1.82) is 0 Å². The van der Waals surface area contributed by atoms with Crippen LogP contribution >= 0.6 is 0 Å². The Labute approximate surface area is 151 Å². The summed E-state index contributed by atoms with van der Waals surface area (Å²) in [4.78, 5) is 12.4. The molecule has 4 nitrogen and oxygen atoms in total. The van der Waals surface area contributed by atoms with Crippen LogP contribution in [0.4, 0.5) is 14.5 Å². The first-order chi connectivity index (χ1) is 12.5. The Kier molecular flexibility index (Phi) is 5.52. The maximum atomic E-state index is 12.9. The van der Waals surface area contributed by atoms with Crippen molar-refractivity contribution < 1.29 is 18.3 Å². The normalized spacial score (nSPS) is 15.4. The number of hydrogen-bond donors (Lipinski definition) is 2. The SMILES string of the molecule is CCc1ccc(C(F)F)cc1NCC(=O)NC1(c2ccccc2)COC1. The molecule has 1 aliphatic rings. The molecular weight excluding hydrogens is 338 g/mol. The minimum absolute atomic E-state index is 0.00821. The lowest BCUT2D eigenvalue weighted by Gasteiger charge is -2.42. The highest BCUT2D eigenvalue weighted by atomic mass is 19.3. The monoisotopic (exact) mass is 360 g/mol. The maximum absolute atomic E-state index is 12.9. The molecule has 2 aromatic carbocycles. The van der Waals surface area contributed by atoms with Crippen LogP contribution in [0, 0.1) is 0 Å². The summed E-state index contributed by atoms with van der Waals surface area (Å²) in [5.74, 6) is -0.207. The lowest BCUT2D eigenvalue weighted by Crippen LogP contribution is -2.60. The molecule has 138 valence electrons. The third-order valence-corrected chi connectivity index (χ3v) is 4.61. The zero-order valence-electron chi connectivity index (χ0n) is 14.6. The second-order valence-electron chi connectivity index (χ2n) is 6.41. The largest absolute Gasteiger partial charge is 0.376 e. The number of ether oxygens (including phenoxy) is 1. The minimum atomic E-state index is -2.54. The first-order valence-corrected chi connectivity index (χ1v) is 8.63. The van der Waals surface area contributed by atoms with Crippen LogP contribution in [-0.2, 0) is 21.5 Å². The fourth-order valence-electron chi connectivity index (χ4n) is 3.06. The molecule has 0 aromatic heterocycles. The van der Waals surface area contributed by atoms with E-state index in [9.17, 15) is 13.6 Å². The van der Waals surface area contributed by atoms with Gasteiger partial charge in [-0.25, -0.2) is 8.78 Å². The predicted molar refractivity (Wildman–Crippen MR) is 96.3 cm³/mol. The van der Waals surface area contributed by atoms with Gasteiger partial charge in [-0.15, -0.1) is 0 Å². The standard InChI is InChI=1S/C20H22F2N2O2/c1-2-14-8-9-15(19(21)22)10-17(14)23-11-18(25)24-20(12-26-13-20)16-6-4-3-5-7-16/h3-10,19,23H,2,11-13H2,1H3,(H,24,25). The number of aryl methyl sites for hydroxylation is 1. The van der Waals surface area contributed by atoms with E-state index in [1.165, 1.54) is 12.1 Å². The van der Waals surface area contributed by atoms with Gasteiger partial charge < -0.3 is 15.4 Å². The summed E-state index contributed by atoms with van der Waals surface area (Å²) in [5.41, 5.74) is 1.89. The van der Waals surface area contributed by atoms with Gasteiger partial charge in [-0.1, -0.05) is 49.4 Å². The fourth-order valence-corrected chi connectivity index (χ4v) is 3.06. The van der Waals surface area contributed by atoms with Crippen molar-refractivity contribution in [2.45, 2.75) is 25.3 Å². The molecule has 2 aromatic rings. The Morgan fingerprint density at radius 2 is 1.92 bits per heavy atom. The van der Waals surface area contributed by atoms with Crippen LogP contribution in [-0.4, -0.2) is 25.7 Å².